The Labute approximate surface area is 140 Å². The minimum Gasteiger partial charge on any atom is -0.322 e. The molecule has 6 heteroatoms. The highest BCUT2D eigenvalue weighted by Gasteiger charge is 2.22. The van der Waals surface area contributed by atoms with E-state index in [1.807, 2.05) is 0 Å². The standard InChI is InChI=1S/C17H14ClNO3S/c1-11(12-2-5-14(18)6-3-12)17(20)19-15-7-4-13-8-9-23(21,22)16(13)10-15/h2-10,21-22H,1H2,(H,19,20). The molecule has 0 radical (unpaired) electrons. The number of amides is 1. The van der Waals surface area contributed by atoms with Crippen molar-refractivity contribution in [3.8, 4) is 0 Å². The third-order valence-electron chi connectivity index (χ3n) is 3.50. The number of carbonyl (C=O) groups is 1. The molecule has 1 aliphatic heterocycles. The van der Waals surface area contributed by atoms with Gasteiger partial charge in [0.05, 0.1) is 4.90 Å². The number of hydrogen-bond acceptors (Lipinski definition) is 3. The van der Waals surface area contributed by atoms with E-state index in [1.54, 1.807) is 48.5 Å². The molecule has 3 rings (SSSR count). The molecule has 3 N–H and O–H groups in total. The van der Waals surface area contributed by atoms with Crippen LogP contribution in [0.3, 0.4) is 0 Å². The molecular weight excluding hydrogens is 334 g/mol. The molecule has 0 fully saturated rings. The fraction of sp³-hybridized carbons (Fsp3) is 0. The molecule has 0 aromatic heterocycles. The number of halogens is 1. The second-order valence-electron chi connectivity index (χ2n) is 5.09. The van der Waals surface area contributed by atoms with E-state index in [-0.39, 0.29) is 5.91 Å². The van der Waals surface area contributed by atoms with Gasteiger partial charge in [-0.2, -0.15) is 0 Å². The van der Waals surface area contributed by atoms with Gasteiger partial charge in [-0.1, -0.05) is 36.4 Å². The van der Waals surface area contributed by atoms with Gasteiger partial charge in [0.2, 0.25) is 0 Å². The minimum absolute atomic E-state index is 0.298. The van der Waals surface area contributed by atoms with Gasteiger partial charge in [0.15, 0.2) is 0 Å². The number of benzene rings is 2. The van der Waals surface area contributed by atoms with E-state index in [0.29, 0.717) is 26.7 Å². The molecule has 0 spiro atoms. The van der Waals surface area contributed by atoms with Gasteiger partial charge in [-0.05, 0) is 41.5 Å². The Kier molecular flexibility index (Phi) is 4.04. The predicted molar refractivity (Wildman–Crippen MR) is 95.7 cm³/mol. The van der Waals surface area contributed by atoms with Crippen molar-refractivity contribution in [3.05, 3.63) is 70.6 Å². The highest BCUT2D eigenvalue weighted by Crippen LogP contribution is 2.56. The summed E-state index contributed by atoms with van der Waals surface area (Å²) in [5.74, 6) is -0.366. The quantitative estimate of drug-likeness (QED) is 0.677. The summed E-state index contributed by atoms with van der Waals surface area (Å²) in [7, 11) is -2.91. The van der Waals surface area contributed by atoms with E-state index in [0.717, 1.165) is 5.56 Å². The fourth-order valence-corrected chi connectivity index (χ4v) is 3.63. The van der Waals surface area contributed by atoms with Crippen molar-refractivity contribution >= 4 is 45.4 Å². The monoisotopic (exact) mass is 347 g/mol. The second-order valence-corrected chi connectivity index (χ2v) is 7.42. The molecule has 0 aliphatic carbocycles. The zero-order valence-corrected chi connectivity index (χ0v) is 13.6. The second kappa shape index (κ2) is 5.86. The lowest BCUT2D eigenvalue weighted by Gasteiger charge is -2.25. The van der Waals surface area contributed by atoms with Crippen LogP contribution in [0, 0.1) is 0 Å². The molecule has 23 heavy (non-hydrogen) atoms. The molecule has 0 unspecified atom stereocenters. The Balaban J connectivity index is 1.79. The van der Waals surface area contributed by atoms with E-state index in [2.05, 4.69) is 11.9 Å². The lowest BCUT2D eigenvalue weighted by molar-refractivity contribution is -0.111. The van der Waals surface area contributed by atoms with Crippen LogP contribution < -0.4 is 5.32 Å². The third kappa shape index (κ3) is 3.18. The van der Waals surface area contributed by atoms with Gasteiger partial charge in [0.1, 0.15) is 0 Å². The third-order valence-corrected chi connectivity index (χ3v) is 5.27. The Bertz CT molecular complexity index is 828. The maximum atomic E-state index is 12.3. The summed E-state index contributed by atoms with van der Waals surface area (Å²) in [6.45, 7) is 3.79. The average molecular weight is 348 g/mol. The summed E-state index contributed by atoms with van der Waals surface area (Å²) in [5, 5.41) is 4.67. The zero-order valence-electron chi connectivity index (χ0n) is 12.0. The molecule has 0 saturated carbocycles. The summed E-state index contributed by atoms with van der Waals surface area (Å²) < 4.78 is 19.9. The summed E-state index contributed by atoms with van der Waals surface area (Å²) in [5.41, 5.74) is 2.18. The Morgan fingerprint density at radius 1 is 1.13 bits per heavy atom. The van der Waals surface area contributed by atoms with Crippen LogP contribution in [-0.4, -0.2) is 15.0 Å². The van der Waals surface area contributed by atoms with Crippen molar-refractivity contribution in [1.29, 1.82) is 0 Å². The summed E-state index contributed by atoms with van der Waals surface area (Å²) in [4.78, 5) is 12.7. The zero-order chi connectivity index (χ0) is 16.6. The van der Waals surface area contributed by atoms with Crippen molar-refractivity contribution < 1.29 is 13.9 Å². The van der Waals surface area contributed by atoms with Gasteiger partial charge in [0, 0.05) is 21.7 Å². The first kappa shape index (κ1) is 15.8. The molecule has 2 aromatic carbocycles. The summed E-state index contributed by atoms with van der Waals surface area (Å²) >= 11 is 5.83. The lowest BCUT2D eigenvalue weighted by Crippen LogP contribution is -2.13. The van der Waals surface area contributed by atoms with Crippen molar-refractivity contribution in [2.24, 2.45) is 0 Å². The van der Waals surface area contributed by atoms with E-state index in [1.165, 1.54) is 5.41 Å². The highest BCUT2D eigenvalue weighted by atomic mass is 35.5. The smallest absolute Gasteiger partial charge is 0.255 e. The molecule has 1 amide bonds. The van der Waals surface area contributed by atoms with Crippen LogP contribution in [0.4, 0.5) is 5.69 Å². The van der Waals surface area contributed by atoms with Crippen LogP contribution in [-0.2, 0) is 4.79 Å². The van der Waals surface area contributed by atoms with E-state index in [4.69, 9.17) is 11.6 Å². The normalized spacial score (nSPS) is 15.8. The Morgan fingerprint density at radius 2 is 1.83 bits per heavy atom. The van der Waals surface area contributed by atoms with E-state index < -0.39 is 10.6 Å². The maximum Gasteiger partial charge on any atom is 0.255 e. The van der Waals surface area contributed by atoms with Crippen LogP contribution in [0.25, 0.3) is 11.6 Å². The summed E-state index contributed by atoms with van der Waals surface area (Å²) in [6.07, 6.45) is 1.66. The largest absolute Gasteiger partial charge is 0.322 e. The van der Waals surface area contributed by atoms with Gasteiger partial charge in [-0.25, -0.2) is 0 Å². The Hall–Kier alpha value is -2.05. The van der Waals surface area contributed by atoms with Crippen LogP contribution >= 0.6 is 22.2 Å². The molecular formula is C17H14ClNO3S. The van der Waals surface area contributed by atoms with Gasteiger partial charge < -0.3 is 5.32 Å². The van der Waals surface area contributed by atoms with Crippen molar-refractivity contribution in [2.45, 2.75) is 4.90 Å². The number of rotatable bonds is 3. The minimum atomic E-state index is -2.91. The molecule has 0 atom stereocenters. The number of nitrogens with one attached hydrogen (secondary N) is 1. The van der Waals surface area contributed by atoms with E-state index >= 15 is 0 Å². The van der Waals surface area contributed by atoms with Crippen molar-refractivity contribution in [3.63, 3.8) is 0 Å². The molecule has 0 saturated heterocycles. The first-order chi connectivity index (χ1) is 10.9. The number of carbonyl (C=O) groups excluding carboxylic acids is 1. The lowest BCUT2D eigenvalue weighted by atomic mass is 10.1. The molecule has 2 aromatic rings. The van der Waals surface area contributed by atoms with Gasteiger partial charge in [-0.3, -0.25) is 13.9 Å². The van der Waals surface area contributed by atoms with Crippen molar-refractivity contribution in [1.82, 2.24) is 0 Å². The van der Waals surface area contributed by atoms with Crippen LogP contribution in [0.2, 0.25) is 5.02 Å². The first-order valence-corrected chi connectivity index (χ1v) is 8.72. The topological polar surface area (TPSA) is 69.6 Å². The van der Waals surface area contributed by atoms with Crippen molar-refractivity contribution in [2.75, 3.05) is 5.32 Å². The molecule has 118 valence electrons. The van der Waals surface area contributed by atoms with Gasteiger partial charge in [-0.15, -0.1) is 10.6 Å². The first-order valence-electron chi connectivity index (χ1n) is 6.73. The number of anilines is 1. The number of fused-ring (bicyclic) bond motifs is 1. The molecule has 0 bridgehead atoms. The number of hydrogen-bond donors (Lipinski definition) is 3. The van der Waals surface area contributed by atoms with Crippen LogP contribution in [0.5, 0.6) is 0 Å². The fourth-order valence-electron chi connectivity index (χ4n) is 2.24. The molecule has 1 heterocycles. The SMILES string of the molecule is C=C(C(=O)Nc1ccc2c(c1)S(O)(O)C=C2)c1ccc(Cl)cc1. The average Bonchev–Trinajstić information content (AvgIpc) is 2.82. The van der Waals surface area contributed by atoms with Gasteiger partial charge in [0.25, 0.3) is 5.91 Å². The van der Waals surface area contributed by atoms with Gasteiger partial charge >= 0.3 is 0 Å². The van der Waals surface area contributed by atoms with Crippen LogP contribution in [0.15, 0.2) is 59.3 Å². The van der Waals surface area contributed by atoms with Crippen LogP contribution in [0.1, 0.15) is 11.1 Å². The molecule has 1 aliphatic rings. The maximum absolute atomic E-state index is 12.3. The van der Waals surface area contributed by atoms with E-state index in [9.17, 15) is 13.9 Å². The highest BCUT2D eigenvalue weighted by molar-refractivity contribution is 8.27. The summed E-state index contributed by atoms with van der Waals surface area (Å²) in [6, 6.07) is 11.8. The Morgan fingerprint density at radius 3 is 2.52 bits per heavy atom. The molecule has 4 nitrogen and oxygen atoms in total. The predicted octanol–water partition coefficient (Wildman–Crippen LogP) is 5.09.